The number of pyridine rings is 1. The lowest BCUT2D eigenvalue weighted by Crippen LogP contribution is -2.06. The quantitative estimate of drug-likeness (QED) is 0.485. The van der Waals surface area contributed by atoms with Gasteiger partial charge in [-0.05, 0) is 31.9 Å². The average Bonchev–Trinajstić information content (AvgIpc) is 2.54. The number of benzene rings is 1. The highest BCUT2D eigenvalue weighted by atomic mass is 16.5. The van der Waals surface area contributed by atoms with Gasteiger partial charge in [0.1, 0.15) is 5.75 Å². The Labute approximate surface area is 139 Å². The maximum atomic E-state index is 11.4. The van der Waals surface area contributed by atoms with E-state index in [0.29, 0.717) is 5.75 Å². The summed E-state index contributed by atoms with van der Waals surface area (Å²) in [4.78, 5) is 16.2. The monoisotopic (exact) mass is 313 g/mol. The van der Waals surface area contributed by atoms with Crippen molar-refractivity contribution >= 4 is 16.9 Å². The second kappa shape index (κ2) is 8.66. The van der Waals surface area contributed by atoms with Gasteiger partial charge in [-0.2, -0.15) is 0 Å². The Morgan fingerprint density at radius 2 is 1.78 bits per heavy atom. The summed E-state index contributed by atoms with van der Waals surface area (Å²) in [6.07, 6.45) is 8.51. The molecule has 124 valence electrons. The molecule has 0 aliphatic heterocycles. The normalized spacial score (nSPS) is 10.9. The first kappa shape index (κ1) is 17.5. The van der Waals surface area contributed by atoms with Crippen LogP contribution in [0.3, 0.4) is 0 Å². The number of ether oxygens (including phenoxy) is 1. The second-order valence-corrected chi connectivity index (χ2v) is 6.14. The van der Waals surface area contributed by atoms with Crippen molar-refractivity contribution in [3.63, 3.8) is 0 Å². The second-order valence-electron chi connectivity index (χ2n) is 6.14. The number of hydrogen-bond acceptors (Lipinski definition) is 3. The molecule has 3 nitrogen and oxygen atoms in total. The van der Waals surface area contributed by atoms with Crippen LogP contribution in [0.5, 0.6) is 5.75 Å². The van der Waals surface area contributed by atoms with Gasteiger partial charge in [0, 0.05) is 23.6 Å². The molecule has 3 heteroatoms. The minimum atomic E-state index is -0.282. The Morgan fingerprint density at radius 3 is 2.52 bits per heavy atom. The van der Waals surface area contributed by atoms with E-state index in [1.165, 1.54) is 39.0 Å². The number of carbonyl (C=O) groups is 1. The summed E-state index contributed by atoms with van der Waals surface area (Å²) in [6, 6.07) is 7.86. The largest absolute Gasteiger partial charge is 0.426 e. The van der Waals surface area contributed by atoms with Gasteiger partial charge in [-0.1, -0.05) is 51.2 Å². The van der Waals surface area contributed by atoms with E-state index >= 15 is 0 Å². The maximum Gasteiger partial charge on any atom is 0.308 e. The van der Waals surface area contributed by atoms with Crippen LogP contribution in [0, 0.1) is 6.92 Å². The Kier molecular flexibility index (Phi) is 6.57. The number of para-hydroxylation sites is 1. The van der Waals surface area contributed by atoms with Crippen molar-refractivity contribution in [3.8, 4) is 5.75 Å². The fourth-order valence-corrected chi connectivity index (χ4v) is 2.92. The van der Waals surface area contributed by atoms with Crippen molar-refractivity contribution in [2.75, 3.05) is 0 Å². The predicted molar refractivity (Wildman–Crippen MR) is 94.9 cm³/mol. The third kappa shape index (κ3) is 4.78. The molecule has 0 spiro atoms. The van der Waals surface area contributed by atoms with Gasteiger partial charge in [0.2, 0.25) is 0 Å². The minimum Gasteiger partial charge on any atom is -0.426 e. The van der Waals surface area contributed by atoms with Gasteiger partial charge < -0.3 is 4.74 Å². The number of nitrogens with zero attached hydrogens (tertiary/aromatic N) is 1. The Balaban J connectivity index is 2.16. The zero-order valence-corrected chi connectivity index (χ0v) is 14.5. The number of unbranched alkanes of at least 4 members (excludes halogenated alkanes) is 5. The summed E-state index contributed by atoms with van der Waals surface area (Å²) in [5.41, 5.74) is 2.94. The van der Waals surface area contributed by atoms with Crippen molar-refractivity contribution in [1.82, 2.24) is 4.98 Å². The third-order valence-corrected chi connectivity index (χ3v) is 4.19. The minimum absolute atomic E-state index is 0.282. The topological polar surface area (TPSA) is 39.2 Å². The van der Waals surface area contributed by atoms with Crippen LogP contribution in [0.1, 0.15) is 63.6 Å². The molecule has 1 aromatic heterocycles. The molecule has 0 radical (unpaired) electrons. The summed E-state index contributed by atoms with van der Waals surface area (Å²) in [5, 5.41) is 0.909. The summed E-state index contributed by atoms with van der Waals surface area (Å²) < 4.78 is 5.48. The van der Waals surface area contributed by atoms with Crippen LogP contribution >= 0.6 is 0 Å². The number of aromatic nitrogens is 1. The number of esters is 1. The highest BCUT2D eigenvalue weighted by molar-refractivity contribution is 5.89. The van der Waals surface area contributed by atoms with Crippen molar-refractivity contribution in [2.24, 2.45) is 0 Å². The van der Waals surface area contributed by atoms with Crippen LogP contribution in [0.2, 0.25) is 0 Å². The molecule has 0 aliphatic rings. The van der Waals surface area contributed by atoms with Crippen LogP contribution < -0.4 is 4.74 Å². The molecule has 1 heterocycles. The Hall–Kier alpha value is -1.90. The van der Waals surface area contributed by atoms with Gasteiger partial charge in [-0.15, -0.1) is 0 Å². The van der Waals surface area contributed by atoms with Crippen LogP contribution in [0.25, 0.3) is 10.9 Å². The lowest BCUT2D eigenvalue weighted by Gasteiger charge is -2.13. The van der Waals surface area contributed by atoms with E-state index in [1.54, 1.807) is 0 Å². The fourth-order valence-electron chi connectivity index (χ4n) is 2.92. The van der Waals surface area contributed by atoms with Crippen LogP contribution in [0.4, 0.5) is 0 Å². The zero-order valence-electron chi connectivity index (χ0n) is 14.5. The van der Waals surface area contributed by atoms with Gasteiger partial charge in [0.05, 0.1) is 5.52 Å². The summed E-state index contributed by atoms with van der Waals surface area (Å²) in [6.45, 7) is 5.69. The molecule has 0 aliphatic carbocycles. The van der Waals surface area contributed by atoms with Gasteiger partial charge in [0.25, 0.3) is 0 Å². The maximum absolute atomic E-state index is 11.4. The van der Waals surface area contributed by atoms with Gasteiger partial charge in [0.15, 0.2) is 0 Å². The standard InChI is InChI=1S/C20H27NO2/c1-4-5-6-7-8-9-13-18-15(2)20(23-16(3)22)17-12-10-11-14-19(17)21-18/h10-12,14H,4-9,13H2,1-3H3. The molecular weight excluding hydrogens is 286 g/mol. The van der Waals surface area contributed by atoms with Crippen LogP contribution in [-0.4, -0.2) is 11.0 Å². The molecule has 0 amide bonds. The van der Waals surface area contributed by atoms with E-state index in [1.807, 2.05) is 31.2 Å². The molecule has 23 heavy (non-hydrogen) atoms. The van der Waals surface area contributed by atoms with Crippen molar-refractivity contribution < 1.29 is 9.53 Å². The lowest BCUT2D eigenvalue weighted by atomic mass is 10.0. The highest BCUT2D eigenvalue weighted by Crippen LogP contribution is 2.31. The summed E-state index contributed by atoms with van der Waals surface area (Å²) >= 11 is 0. The number of carbonyl (C=O) groups excluding carboxylic acids is 1. The number of fused-ring (bicyclic) bond motifs is 1. The lowest BCUT2D eigenvalue weighted by molar-refractivity contribution is -0.131. The molecule has 2 aromatic rings. The molecule has 0 fully saturated rings. The van der Waals surface area contributed by atoms with E-state index in [9.17, 15) is 4.79 Å². The Morgan fingerprint density at radius 1 is 1.09 bits per heavy atom. The van der Waals surface area contributed by atoms with E-state index in [4.69, 9.17) is 9.72 Å². The molecule has 0 unspecified atom stereocenters. The van der Waals surface area contributed by atoms with Crippen LogP contribution in [0.15, 0.2) is 24.3 Å². The number of rotatable bonds is 8. The molecular formula is C20H27NO2. The fraction of sp³-hybridized carbons (Fsp3) is 0.500. The van der Waals surface area contributed by atoms with Gasteiger partial charge in [-0.3, -0.25) is 9.78 Å². The predicted octanol–water partition coefficient (Wildman–Crippen LogP) is 5.37. The van der Waals surface area contributed by atoms with E-state index < -0.39 is 0 Å². The average molecular weight is 313 g/mol. The van der Waals surface area contributed by atoms with Crippen LogP contribution in [-0.2, 0) is 11.2 Å². The van der Waals surface area contributed by atoms with Gasteiger partial charge >= 0.3 is 5.97 Å². The smallest absolute Gasteiger partial charge is 0.308 e. The molecule has 1 aromatic carbocycles. The SMILES string of the molecule is CCCCCCCCc1nc2ccccc2c(OC(C)=O)c1C. The molecule has 0 bridgehead atoms. The molecule has 0 N–H and O–H groups in total. The number of hydrogen-bond donors (Lipinski definition) is 0. The molecule has 2 rings (SSSR count). The molecule has 0 saturated heterocycles. The first-order chi connectivity index (χ1) is 11.1. The first-order valence-electron chi connectivity index (χ1n) is 8.70. The number of aryl methyl sites for hydroxylation is 1. The van der Waals surface area contributed by atoms with E-state index in [2.05, 4.69) is 6.92 Å². The zero-order chi connectivity index (χ0) is 16.7. The first-order valence-corrected chi connectivity index (χ1v) is 8.70. The summed E-state index contributed by atoms with van der Waals surface area (Å²) in [5.74, 6) is 0.388. The van der Waals surface area contributed by atoms with Gasteiger partial charge in [-0.25, -0.2) is 0 Å². The van der Waals surface area contributed by atoms with Crippen molar-refractivity contribution in [2.45, 2.75) is 65.7 Å². The highest BCUT2D eigenvalue weighted by Gasteiger charge is 2.14. The van der Waals surface area contributed by atoms with E-state index in [-0.39, 0.29) is 5.97 Å². The third-order valence-electron chi connectivity index (χ3n) is 4.19. The molecule has 0 saturated carbocycles. The molecule has 0 atom stereocenters. The summed E-state index contributed by atoms with van der Waals surface area (Å²) in [7, 11) is 0. The van der Waals surface area contributed by atoms with Crippen molar-refractivity contribution in [1.29, 1.82) is 0 Å². The van der Waals surface area contributed by atoms with Crippen molar-refractivity contribution in [3.05, 3.63) is 35.5 Å². The van der Waals surface area contributed by atoms with E-state index in [0.717, 1.165) is 35.0 Å². The Bertz CT molecular complexity index is 664.